The van der Waals surface area contributed by atoms with Crippen molar-refractivity contribution >= 4 is 17.6 Å². The highest BCUT2D eigenvalue weighted by Crippen LogP contribution is 2.40. The van der Waals surface area contributed by atoms with Crippen molar-refractivity contribution in [2.24, 2.45) is 4.99 Å². The maximum atomic E-state index is 12.4. The number of rotatable bonds is 4. The summed E-state index contributed by atoms with van der Waals surface area (Å²) in [6.45, 7) is 2.05. The number of aromatic nitrogens is 2. The van der Waals surface area contributed by atoms with Gasteiger partial charge in [-0.2, -0.15) is 0 Å². The third-order valence-corrected chi connectivity index (χ3v) is 4.26. The first kappa shape index (κ1) is 14.7. The molecule has 24 heavy (non-hydrogen) atoms. The summed E-state index contributed by atoms with van der Waals surface area (Å²) in [6.07, 6.45) is 3.82. The number of hydrogen-bond acceptors (Lipinski definition) is 4. The molecule has 0 bridgehead atoms. The molecule has 0 unspecified atom stereocenters. The quantitative estimate of drug-likeness (QED) is 0.822. The number of nitrogens with one attached hydrogen (secondary N) is 2. The van der Waals surface area contributed by atoms with Crippen molar-refractivity contribution in [2.75, 3.05) is 6.61 Å². The summed E-state index contributed by atoms with van der Waals surface area (Å²) >= 11 is 0. The molecule has 1 aliphatic carbocycles. The molecule has 1 aromatic carbocycles. The Balaban J connectivity index is 1.89. The van der Waals surface area contributed by atoms with Crippen LogP contribution in [0.2, 0.25) is 0 Å². The molecule has 6 nitrogen and oxygen atoms in total. The van der Waals surface area contributed by atoms with Gasteiger partial charge in [0.2, 0.25) is 0 Å². The lowest BCUT2D eigenvalue weighted by Gasteiger charge is -2.04. The van der Waals surface area contributed by atoms with Gasteiger partial charge in [0.05, 0.1) is 28.8 Å². The van der Waals surface area contributed by atoms with Crippen molar-refractivity contribution in [3.8, 4) is 0 Å². The SMILES string of the molecule is CCOC(=O)C1=c2ccccc2=N/C1=C/c1c(C2CC2)[nH][nH]c1=O. The number of para-hydroxylation sites is 1. The predicted octanol–water partition coefficient (Wildman–Crippen LogP) is 0.969. The Bertz CT molecular complexity index is 1020. The van der Waals surface area contributed by atoms with Gasteiger partial charge in [-0.05, 0) is 31.9 Å². The van der Waals surface area contributed by atoms with E-state index in [-0.39, 0.29) is 12.2 Å². The zero-order valence-electron chi connectivity index (χ0n) is 13.3. The Labute approximate surface area is 137 Å². The zero-order valence-corrected chi connectivity index (χ0v) is 13.3. The normalized spacial score (nSPS) is 17.7. The van der Waals surface area contributed by atoms with E-state index in [0.29, 0.717) is 28.1 Å². The van der Waals surface area contributed by atoms with Gasteiger partial charge in [-0.15, -0.1) is 0 Å². The van der Waals surface area contributed by atoms with Crippen molar-refractivity contribution in [3.63, 3.8) is 0 Å². The molecule has 0 amide bonds. The number of carbonyl (C=O) groups excluding carboxylic acids is 1. The highest BCUT2D eigenvalue weighted by molar-refractivity contribution is 6.17. The van der Waals surface area contributed by atoms with Crippen molar-refractivity contribution in [1.82, 2.24) is 10.2 Å². The van der Waals surface area contributed by atoms with Crippen LogP contribution in [0.4, 0.5) is 0 Å². The fraction of sp³-hybridized carbons (Fsp3) is 0.278. The number of aromatic amines is 2. The first-order valence-electron chi connectivity index (χ1n) is 8.07. The van der Waals surface area contributed by atoms with Gasteiger partial charge in [-0.3, -0.25) is 9.89 Å². The lowest BCUT2D eigenvalue weighted by molar-refractivity contribution is -0.136. The van der Waals surface area contributed by atoms with Gasteiger partial charge >= 0.3 is 5.97 Å². The van der Waals surface area contributed by atoms with Crippen LogP contribution in [0, 0.1) is 0 Å². The van der Waals surface area contributed by atoms with Gasteiger partial charge in [-0.1, -0.05) is 18.2 Å². The van der Waals surface area contributed by atoms with E-state index in [9.17, 15) is 9.59 Å². The molecular weight excluding hydrogens is 306 g/mol. The van der Waals surface area contributed by atoms with Crippen molar-refractivity contribution < 1.29 is 9.53 Å². The van der Waals surface area contributed by atoms with Gasteiger partial charge in [0.15, 0.2) is 0 Å². The molecule has 122 valence electrons. The number of esters is 1. The van der Waals surface area contributed by atoms with Gasteiger partial charge in [-0.25, -0.2) is 9.79 Å². The molecule has 1 fully saturated rings. The van der Waals surface area contributed by atoms with E-state index in [2.05, 4.69) is 15.2 Å². The molecule has 2 aliphatic rings. The van der Waals surface area contributed by atoms with Gasteiger partial charge in [0.1, 0.15) is 0 Å². The third-order valence-electron chi connectivity index (χ3n) is 4.26. The lowest BCUT2D eigenvalue weighted by atomic mass is 10.1. The maximum absolute atomic E-state index is 12.4. The Morgan fingerprint density at radius 2 is 2.12 bits per heavy atom. The van der Waals surface area contributed by atoms with E-state index in [0.717, 1.165) is 23.8 Å². The fourth-order valence-corrected chi connectivity index (χ4v) is 2.98. The zero-order chi connectivity index (χ0) is 16.7. The van der Waals surface area contributed by atoms with E-state index in [4.69, 9.17) is 4.74 Å². The molecule has 1 aromatic heterocycles. The minimum Gasteiger partial charge on any atom is -0.462 e. The molecule has 0 spiro atoms. The minimum absolute atomic E-state index is 0.196. The van der Waals surface area contributed by atoms with Crippen LogP contribution in [0.15, 0.2) is 39.7 Å². The summed E-state index contributed by atoms with van der Waals surface area (Å²) in [4.78, 5) is 29.1. The first-order chi connectivity index (χ1) is 11.7. The minimum atomic E-state index is -0.419. The van der Waals surface area contributed by atoms with Gasteiger partial charge < -0.3 is 9.84 Å². The number of ether oxygens (including phenoxy) is 1. The summed E-state index contributed by atoms with van der Waals surface area (Å²) in [6, 6.07) is 7.41. The van der Waals surface area contributed by atoms with Crippen LogP contribution >= 0.6 is 0 Å². The molecule has 1 aliphatic heterocycles. The standard InChI is InChI=1S/C18H17N3O3/c1-2-24-18(23)15-11-5-3-4-6-13(11)19-14(15)9-12-16(10-7-8-10)20-21-17(12)22/h3-6,9-10H,2,7-8H2,1H3,(H2,20,21,22)/b14-9+. The van der Waals surface area contributed by atoms with Crippen LogP contribution < -0.4 is 16.1 Å². The molecule has 6 heteroatoms. The van der Waals surface area contributed by atoms with Crippen LogP contribution in [0.5, 0.6) is 0 Å². The summed E-state index contributed by atoms with van der Waals surface area (Å²) in [5.74, 6) is -0.0389. The summed E-state index contributed by atoms with van der Waals surface area (Å²) in [7, 11) is 0. The van der Waals surface area contributed by atoms with Crippen LogP contribution in [0.25, 0.3) is 11.6 Å². The van der Waals surface area contributed by atoms with Crippen LogP contribution in [-0.2, 0) is 9.53 Å². The van der Waals surface area contributed by atoms with E-state index < -0.39 is 5.97 Å². The van der Waals surface area contributed by atoms with Gasteiger partial charge in [0.25, 0.3) is 5.56 Å². The predicted molar refractivity (Wildman–Crippen MR) is 88.6 cm³/mol. The Hall–Kier alpha value is -2.89. The molecule has 2 N–H and O–H groups in total. The van der Waals surface area contributed by atoms with E-state index in [1.165, 1.54) is 0 Å². The molecule has 0 atom stereocenters. The molecule has 2 aromatic rings. The number of hydrogen-bond donors (Lipinski definition) is 2. The Morgan fingerprint density at radius 3 is 2.88 bits per heavy atom. The summed E-state index contributed by atoms with van der Waals surface area (Å²) < 4.78 is 5.18. The molecular formula is C18H17N3O3. The number of H-pyrrole nitrogens is 2. The smallest absolute Gasteiger partial charge is 0.341 e. The number of fused-ring (bicyclic) bond motifs is 1. The average molecular weight is 323 g/mol. The second kappa shape index (κ2) is 5.63. The average Bonchev–Trinajstić information content (AvgIpc) is 3.25. The molecule has 1 saturated carbocycles. The van der Waals surface area contributed by atoms with Crippen molar-refractivity contribution in [2.45, 2.75) is 25.7 Å². The monoisotopic (exact) mass is 323 g/mol. The largest absolute Gasteiger partial charge is 0.462 e. The van der Waals surface area contributed by atoms with Gasteiger partial charge in [0, 0.05) is 16.8 Å². The third kappa shape index (κ3) is 2.40. The molecule has 2 heterocycles. The highest BCUT2D eigenvalue weighted by atomic mass is 16.5. The lowest BCUT2D eigenvalue weighted by Crippen LogP contribution is -2.25. The van der Waals surface area contributed by atoms with Crippen molar-refractivity contribution in [3.05, 3.63) is 62.1 Å². The molecule has 0 radical (unpaired) electrons. The molecule has 0 saturated heterocycles. The first-order valence-corrected chi connectivity index (χ1v) is 8.07. The number of nitrogens with zero attached hydrogens (tertiary/aromatic N) is 1. The number of carbonyl (C=O) groups is 1. The second-order valence-corrected chi connectivity index (χ2v) is 5.93. The van der Waals surface area contributed by atoms with Crippen LogP contribution in [0.1, 0.15) is 36.9 Å². The van der Waals surface area contributed by atoms with Crippen molar-refractivity contribution in [1.29, 1.82) is 0 Å². The van der Waals surface area contributed by atoms with Crippen LogP contribution in [0.3, 0.4) is 0 Å². The van der Waals surface area contributed by atoms with E-state index >= 15 is 0 Å². The van der Waals surface area contributed by atoms with Crippen LogP contribution in [-0.4, -0.2) is 22.8 Å². The number of benzene rings is 1. The summed E-state index contributed by atoms with van der Waals surface area (Å²) in [5, 5.41) is 7.03. The Kier molecular flexibility index (Phi) is 3.45. The fourth-order valence-electron chi connectivity index (χ4n) is 2.98. The maximum Gasteiger partial charge on any atom is 0.341 e. The molecule has 4 rings (SSSR count). The summed E-state index contributed by atoms with van der Waals surface area (Å²) in [5.41, 5.74) is 2.13. The Morgan fingerprint density at radius 1 is 1.33 bits per heavy atom. The second-order valence-electron chi connectivity index (χ2n) is 5.93. The topological polar surface area (TPSA) is 87.3 Å². The van der Waals surface area contributed by atoms with E-state index in [1.807, 2.05) is 24.3 Å². The van der Waals surface area contributed by atoms with E-state index in [1.54, 1.807) is 13.0 Å². The highest BCUT2D eigenvalue weighted by Gasteiger charge is 2.29.